The molecule has 1 heteroatoms. The minimum atomic E-state index is 0.347. The van der Waals surface area contributed by atoms with E-state index in [9.17, 15) is 0 Å². The largest absolute Gasteiger partial charge is 0.298 e. The van der Waals surface area contributed by atoms with Crippen LogP contribution in [0.1, 0.15) is 66.7 Å². The topological polar surface area (TPSA) is 3.24 Å². The van der Waals surface area contributed by atoms with Crippen molar-refractivity contribution >= 4 is 0 Å². The first kappa shape index (κ1) is 14.0. The van der Waals surface area contributed by atoms with Gasteiger partial charge < -0.3 is 0 Å². The minimum absolute atomic E-state index is 0.347. The van der Waals surface area contributed by atoms with E-state index in [2.05, 4.69) is 46.6 Å². The van der Waals surface area contributed by atoms with E-state index in [0.29, 0.717) is 5.54 Å². The number of nitrogens with zero attached hydrogens (tertiary/aromatic N) is 1. The summed E-state index contributed by atoms with van der Waals surface area (Å²) >= 11 is 0. The van der Waals surface area contributed by atoms with Crippen LogP contribution >= 0.6 is 0 Å². The summed E-state index contributed by atoms with van der Waals surface area (Å²) in [4.78, 5) is 2.66. The number of rotatable bonds is 4. The van der Waals surface area contributed by atoms with Crippen LogP contribution in [0, 0.1) is 11.8 Å². The molecule has 0 spiro atoms. The second-order valence-electron chi connectivity index (χ2n) is 6.49. The smallest absolute Gasteiger partial charge is 0.0178 e. The molecule has 1 aliphatic carbocycles. The Morgan fingerprint density at radius 1 is 1.19 bits per heavy atom. The maximum atomic E-state index is 2.66. The van der Waals surface area contributed by atoms with Gasteiger partial charge >= 0.3 is 0 Å². The molecule has 0 radical (unpaired) electrons. The number of hydrogen-bond donors (Lipinski definition) is 0. The lowest BCUT2D eigenvalue weighted by molar-refractivity contribution is 0.0313. The van der Waals surface area contributed by atoms with Crippen molar-refractivity contribution in [3.8, 4) is 0 Å². The molecule has 1 nitrogen and oxygen atoms in total. The second kappa shape index (κ2) is 5.53. The average molecular weight is 225 g/mol. The van der Waals surface area contributed by atoms with Gasteiger partial charge in [-0.3, -0.25) is 4.90 Å². The van der Waals surface area contributed by atoms with E-state index in [-0.39, 0.29) is 0 Å². The van der Waals surface area contributed by atoms with Crippen molar-refractivity contribution < 1.29 is 0 Å². The first-order valence-corrected chi connectivity index (χ1v) is 7.12. The molecule has 0 amide bonds. The van der Waals surface area contributed by atoms with Gasteiger partial charge in [0.05, 0.1) is 0 Å². The molecule has 16 heavy (non-hydrogen) atoms. The third-order valence-corrected chi connectivity index (χ3v) is 5.26. The van der Waals surface area contributed by atoms with Gasteiger partial charge in [0, 0.05) is 11.6 Å². The van der Waals surface area contributed by atoms with Crippen LogP contribution < -0.4 is 0 Å². The van der Waals surface area contributed by atoms with Crippen molar-refractivity contribution in [3.63, 3.8) is 0 Å². The molecular formula is C15H31N. The first-order valence-electron chi connectivity index (χ1n) is 7.12. The lowest BCUT2D eigenvalue weighted by Crippen LogP contribution is -2.52. The molecule has 0 bridgehead atoms. The molecule has 0 aromatic rings. The zero-order valence-electron chi connectivity index (χ0n) is 12.2. The van der Waals surface area contributed by atoms with E-state index in [1.54, 1.807) is 0 Å². The van der Waals surface area contributed by atoms with E-state index in [1.165, 1.54) is 32.1 Å². The summed E-state index contributed by atoms with van der Waals surface area (Å²) in [6.45, 7) is 11.9. The quantitative estimate of drug-likeness (QED) is 0.688. The van der Waals surface area contributed by atoms with E-state index >= 15 is 0 Å². The third kappa shape index (κ3) is 3.00. The van der Waals surface area contributed by atoms with E-state index in [4.69, 9.17) is 0 Å². The second-order valence-corrected chi connectivity index (χ2v) is 6.49. The van der Waals surface area contributed by atoms with Crippen LogP contribution in [0.25, 0.3) is 0 Å². The Labute approximate surface area is 103 Å². The van der Waals surface area contributed by atoms with Crippen LogP contribution in [0.3, 0.4) is 0 Å². The Kier molecular flexibility index (Phi) is 4.85. The molecule has 1 fully saturated rings. The molecule has 0 aromatic heterocycles. The molecular weight excluding hydrogens is 194 g/mol. The highest BCUT2D eigenvalue weighted by molar-refractivity contribution is 4.89. The van der Waals surface area contributed by atoms with Gasteiger partial charge in [0.2, 0.25) is 0 Å². The van der Waals surface area contributed by atoms with Crippen LogP contribution in [0.4, 0.5) is 0 Å². The molecule has 1 rings (SSSR count). The fraction of sp³-hybridized carbons (Fsp3) is 1.00. The standard InChI is InChI=1S/C15H31N/c1-7-13(3)15(4,5)16(6)14-10-8-12(2)9-11-14/h12-14H,7-11H2,1-6H3. The fourth-order valence-electron chi connectivity index (χ4n) is 2.95. The SMILES string of the molecule is CCC(C)C(C)(C)N(C)C1CCC(C)CC1. The molecule has 1 saturated carbocycles. The summed E-state index contributed by atoms with van der Waals surface area (Å²) in [6, 6.07) is 0.820. The van der Waals surface area contributed by atoms with Gasteiger partial charge in [-0.2, -0.15) is 0 Å². The maximum absolute atomic E-state index is 2.66. The highest BCUT2D eigenvalue weighted by atomic mass is 15.2. The van der Waals surface area contributed by atoms with Crippen LogP contribution in [0.15, 0.2) is 0 Å². The van der Waals surface area contributed by atoms with Gasteiger partial charge in [0.25, 0.3) is 0 Å². The van der Waals surface area contributed by atoms with E-state index in [1.807, 2.05) is 0 Å². The number of hydrogen-bond acceptors (Lipinski definition) is 1. The first-order chi connectivity index (χ1) is 7.39. The Hall–Kier alpha value is -0.0400. The van der Waals surface area contributed by atoms with Crippen molar-refractivity contribution in [2.45, 2.75) is 78.3 Å². The highest BCUT2D eigenvalue weighted by Crippen LogP contribution is 2.33. The van der Waals surface area contributed by atoms with Gasteiger partial charge in [-0.05, 0) is 58.4 Å². The average Bonchev–Trinajstić information content (AvgIpc) is 2.28. The lowest BCUT2D eigenvalue weighted by Gasteiger charge is -2.46. The Morgan fingerprint density at radius 3 is 2.12 bits per heavy atom. The molecule has 1 atom stereocenters. The van der Waals surface area contributed by atoms with Crippen molar-refractivity contribution in [2.75, 3.05) is 7.05 Å². The van der Waals surface area contributed by atoms with Crippen molar-refractivity contribution in [1.29, 1.82) is 0 Å². The van der Waals surface area contributed by atoms with E-state index in [0.717, 1.165) is 17.9 Å². The van der Waals surface area contributed by atoms with Gasteiger partial charge in [0.1, 0.15) is 0 Å². The van der Waals surface area contributed by atoms with E-state index < -0.39 is 0 Å². The summed E-state index contributed by atoms with van der Waals surface area (Å²) < 4.78 is 0. The van der Waals surface area contributed by atoms with Crippen molar-refractivity contribution in [3.05, 3.63) is 0 Å². The molecule has 0 heterocycles. The molecule has 1 aliphatic rings. The zero-order chi connectivity index (χ0) is 12.3. The highest BCUT2D eigenvalue weighted by Gasteiger charge is 2.34. The minimum Gasteiger partial charge on any atom is -0.298 e. The van der Waals surface area contributed by atoms with Crippen molar-refractivity contribution in [1.82, 2.24) is 4.90 Å². The van der Waals surface area contributed by atoms with Crippen LogP contribution in [-0.4, -0.2) is 23.5 Å². The summed E-state index contributed by atoms with van der Waals surface area (Å²) in [7, 11) is 2.34. The van der Waals surface area contributed by atoms with Crippen molar-refractivity contribution in [2.24, 2.45) is 11.8 Å². The Morgan fingerprint density at radius 2 is 1.69 bits per heavy atom. The Bertz CT molecular complexity index is 201. The monoisotopic (exact) mass is 225 g/mol. The summed E-state index contributed by atoms with van der Waals surface area (Å²) in [5, 5.41) is 0. The predicted molar refractivity (Wildman–Crippen MR) is 72.7 cm³/mol. The molecule has 0 aromatic carbocycles. The maximum Gasteiger partial charge on any atom is 0.0178 e. The van der Waals surface area contributed by atoms with Crippen LogP contribution in [0.5, 0.6) is 0 Å². The van der Waals surface area contributed by atoms with Gasteiger partial charge in [-0.1, -0.05) is 27.2 Å². The summed E-state index contributed by atoms with van der Waals surface area (Å²) in [5.41, 5.74) is 0.347. The fourth-order valence-corrected chi connectivity index (χ4v) is 2.95. The molecule has 0 N–H and O–H groups in total. The summed E-state index contributed by atoms with van der Waals surface area (Å²) in [5.74, 6) is 1.73. The zero-order valence-corrected chi connectivity index (χ0v) is 12.2. The van der Waals surface area contributed by atoms with Crippen LogP contribution in [0.2, 0.25) is 0 Å². The molecule has 1 unspecified atom stereocenters. The lowest BCUT2D eigenvalue weighted by atomic mass is 9.80. The summed E-state index contributed by atoms with van der Waals surface area (Å²) in [6.07, 6.45) is 6.92. The molecule has 0 aliphatic heterocycles. The van der Waals surface area contributed by atoms with Crippen LogP contribution in [-0.2, 0) is 0 Å². The predicted octanol–water partition coefficient (Wildman–Crippen LogP) is 4.32. The van der Waals surface area contributed by atoms with Gasteiger partial charge in [-0.25, -0.2) is 0 Å². The molecule has 96 valence electrons. The van der Waals surface area contributed by atoms with Gasteiger partial charge in [0.15, 0.2) is 0 Å². The van der Waals surface area contributed by atoms with Gasteiger partial charge in [-0.15, -0.1) is 0 Å². The third-order valence-electron chi connectivity index (χ3n) is 5.26. The molecule has 0 saturated heterocycles. The Balaban J connectivity index is 2.59. The normalized spacial score (nSPS) is 29.4.